The first-order chi connectivity index (χ1) is 16.2. The molecule has 1 fully saturated rings. The van der Waals surface area contributed by atoms with Crippen molar-refractivity contribution in [3.05, 3.63) is 53.6 Å². The Morgan fingerprint density at radius 1 is 1.09 bits per heavy atom. The molecule has 2 amide bonds. The van der Waals surface area contributed by atoms with Gasteiger partial charge in [-0.3, -0.25) is 9.59 Å². The number of nitrogens with one attached hydrogen (secondary N) is 2. The number of piperidine rings is 1. The number of carbonyl (C=O) groups excluding carboxylic acids is 2. The van der Waals surface area contributed by atoms with Crippen LogP contribution in [-0.2, 0) is 10.0 Å². The van der Waals surface area contributed by atoms with Crippen molar-refractivity contribution in [2.45, 2.75) is 51.0 Å². The van der Waals surface area contributed by atoms with E-state index in [1.807, 2.05) is 13.8 Å². The van der Waals surface area contributed by atoms with E-state index in [9.17, 15) is 18.0 Å². The third-order valence-corrected chi connectivity index (χ3v) is 8.10. The Hall–Kier alpha value is -2.91. The van der Waals surface area contributed by atoms with Crippen LogP contribution in [0.2, 0.25) is 0 Å². The number of ether oxygens (including phenoxy) is 1. The van der Waals surface area contributed by atoms with Gasteiger partial charge in [0.1, 0.15) is 5.75 Å². The second-order valence-corrected chi connectivity index (χ2v) is 10.7. The molecule has 2 aromatic rings. The zero-order valence-electron chi connectivity index (χ0n) is 20.1. The molecular formula is C25H33N3O5S. The minimum Gasteiger partial charge on any atom is -0.496 e. The molecule has 8 nitrogen and oxygen atoms in total. The van der Waals surface area contributed by atoms with Crippen LogP contribution in [0.5, 0.6) is 5.75 Å². The Labute approximate surface area is 201 Å². The highest BCUT2D eigenvalue weighted by Gasteiger charge is 2.29. The van der Waals surface area contributed by atoms with Crippen LogP contribution in [0.25, 0.3) is 0 Å². The maximum atomic E-state index is 13.2. The molecule has 1 unspecified atom stereocenters. The van der Waals surface area contributed by atoms with Crippen molar-refractivity contribution in [2.24, 2.45) is 5.92 Å². The molecule has 0 spiro atoms. The van der Waals surface area contributed by atoms with E-state index in [0.717, 1.165) is 19.3 Å². The fraction of sp³-hybridized carbons (Fsp3) is 0.440. The van der Waals surface area contributed by atoms with Gasteiger partial charge in [-0.2, -0.15) is 4.31 Å². The molecule has 184 valence electrons. The molecule has 1 aliphatic rings. The van der Waals surface area contributed by atoms with Gasteiger partial charge in [-0.25, -0.2) is 8.42 Å². The lowest BCUT2D eigenvalue weighted by Gasteiger charge is -2.29. The molecule has 0 radical (unpaired) electrons. The molecule has 1 aliphatic heterocycles. The molecule has 2 N–H and O–H groups in total. The lowest BCUT2D eigenvalue weighted by atomic mass is 10.0. The molecule has 0 saturated carbocycles. The van der Waals surface area contributed by atoms with Crippen LogP contribution in [0, 0.1) is 5.92 Å². The first-order valence-corrected chi connectivity index (χ1v) is 13.0. The summed E-state index contributed by atoms with van der Waals surface area (Å²) in [6, 6.07) is 10.9. The Kier molecular flexibility index (Phi) is 8.33. The zero-order valence-corrected chi connectivity index (χ0v) is 20.9. The smallest absolute Gasteiger partial charge is 0.259 e. The third kappa shape index (κ3) is 5.77. The van der Waals surface area contributed by atoms with Crippen LogP contribution in [0.15, 0.2) is 47.4 Å². The molecule has 0 aliphatic carbocycles. The van der Waals surface area contributed by atoms with E-state index < -0.39 is 15.9 Å². The molecule has 2 aromatic carbocycles. The second-order valence-electron chi connectivity index (χ2n) is 8.73. The predicted octanol–water partition coefficient (Wildman–Crippen LogP) is 3.90. The van der Waals surface area contributed by atoms with Crippen molar-refractivity contribution in [3.63, 3.8) is 0 Å². The summed E-state index contributed by atoms with van der Waals surface area (Å²) in [5.74, 6) is -0.135. The summed E-state index contributed by atoms with van der Waals surface area (Å²) in [6.07, 6.45) is 2.38. The standard InChI is InChI=1S/C25H33N3O5S/c1-5-18(3)26-24(29)20-8-6-7-9-22(20)27-25(30)21-16-19(10-11-23(21)33-4)34(31,32)28-14-12-17(2)13-15-28/h6-11,16-18H,5,12-15H2,1-4H3,(H,26,29)(H,27,30). The number of hydrogen-bond acceptors (Lipinski definition) is 5. The van der Waals surface area contributed by atoms with Gasteiger partial charge < -0.3 is 15.4 Å². The maximum absolute atomic E-state index is 13.2. The number of methoxy groups -OCH3 is 1. The first-order valence-electron chi connectivity index (χ1n) is 11.6. The van der Waals surface area contributed by atoms with Crippen molar-refractivity contribution < 1.29 is 22.7 Å². The summed E-state index contributed by atoms with van der Waals surface area (Å²) < 4.78 is 33.2. The Bertz CT molecular complexity index is 1140. The maximum Gasteiger partial charge on any atom is 0.259 e. The fourth-order valence-electron chi connectivity index (χ4n) is 3.78. The van der Waals surface area contributed by atoms with Crippen molar-refractivity contribution in [1.29, 1.82) is 0 Å². The van der Waals surface area contributed by atoms with Crippen LogP contribution in [0.4, 0.5) is 5.69 Å². The number of carbonyl (C=O) groups is 2. The van der Waals surface area contributed by atoms with Gasteiger partial charge in [-0.1, -0.05) is 26.0 Å². The Morgan fingerprint density at radius 2 is 1.76 bits per heavy atom. The van der Waals surface area contributed by atoms with E-state index in [1.54, 1.807) is 24.3 Å². The Morgan fingerprint density at radius 3 is 2.41 bits per heavy atom. The number of rotatable bonds is 8. The van der Waals surface area contributed by atoms with Crippen LogP contribution in [-0.4, -0.2) is 50.8 Å². The van der Waals surface area contributed by atoms with Crippen LogP contribution in [0.1, 0.15) is 60.7 Å². The first kappa shape index (κ1) is 25.7. The summed E-state index contributed by atoms with van der Waals surface area (Å²) in [5, 5.41) is 5.64. The van der Waals surface area contributed by atoms with Crippen LogP contribution < -0.4 is 15.4 Å². The molecule has 1 atom stereocenters. The highest BCUT2D eigenvalue weighted by atomic mass is 32.2. The summed E-state index contributed by atoms with van der Waals surface area (Å²) in [7, 11) is -2.33. The zero-order chi connectivity index (χ0) is 24.9. The van der Waals surface area contributed by atoms with Gasteiger partial charge >= 0.3 is 0 Å². The van der Waals surface area contributed by atoms with Crippen molar-refractivity contribution >= 4 is 27.5 Å². The molecule has 1 heterocycles. The molecule has 0 bridgehead atoms. The monoisotopic (exact) mass is 487 g/mol. The number of hydrogen-bond donors (Lipinski definition) is 2. The van der Waals surface area contributed by atoms with Crippen molar-refractivity contribution in [1.82, 2.24) is 9.62 Å². The predicted molar refractivity (Wildman–Crippen MR) is 132 cm³/mol. The molecule has 34 heavy (non-hydrogen) atoms. The summed E-state index contributed by atoms with van der Waals surface area (Å²) in [5.41, 5.74) is 0.723. The van der Waals surface area contributed by atoms with Crippen molar-refractivity contribution in [3.8, 4) is 5.75 Å². The largest absolute Gasteiger partial charge is 0.496 e. The van der Waals surface area contributed by atoms with Crippen molar-refractivity contribution in [2.75, 3.05) is 25.5 Å². The van der Waals surface area contributed by atoms with Gasteiger partial charge in [0, 0.05) is 19.1 Å². The molecule has 1 saturated heterocycles. The normalized spacial score (nSPS) is 16.0. The minimum absolute atomic E-state index is 0.0176. The van der Waals surface area contributed by atoms with Gasteiger partial charge in [0.05, 0.1) is 28.8 Å². The minimum atomic E-state index is -3.74. The average molecular weight is 488 g/mol. The van der Waals surface area contributed by atoms with E-state index in [2.05, 4.69) is 17.6 Å². The number of anilines is 1. The number of benzene rings is 2. The second kappa shape index (κ2) is 11.0. The topological polar surface area (TPSA) is 105 Å². The van der Waals surface area contributed by atoms with Crippen LogP contribution in [0.3, 0.4) is 0 Å². The van der Waals surface area contributed by atoms with E-state index in [0.29, 0.717) is 30.3 Å². The quantitative estimate of drug-likeness (QED) is 0.588. The van der Waals surface area contributed by atoms with Gasteiger partial charge in [0.25, 0.3) is 11.8 Å². The SMILES string of the molecule is CCC(C)NC(=O)c1ccccc1NC(=O)c1cc(S(=O)(=O)N2CCC(C)CC2)ccc1OC. The molecule has 3 rings (SSSR count). The Balaban J connectivity index is 1.89. The lowest BCUT2D eigenvalue weighted by molar-refractivity contribution is 0.0940. The highest BCUT2D eigenvalue weighted by molar-refractivity contribution is 7.89. The summed E-state index contributed by atoms with van der Waals surface area (Å²) in [6.45, 7) is 6.89. The molecular weight excluding hydrogens is 454 g/mol. The van der Waals surface area contributed by atoms with Gasteiger partial charge in [-0.15, -0.1) is 0 Å². The number of nitrogens with zero attached hydrogens (tertiary/aromatic N) is 1. The average Bonchev–Trinajstić information content (AvgIpc) is 2.84. The van der Waals surface area contributed by atoms with Gasteiger partial charge in [0.2, 0.25) is 10.0 Å². The van der Waals surface area contributed by atoms with E-state index in [4.69, 9.17) is 4.74 Å². The molecule has 0 aromatic heterocycles. The third-order valence-electron chi connectivity index (χ3n) is 6.21. The fourth-order valence-corrected chi connectivity index (χ4v) is 5.28. The number of para-hydroxylation sites is 1. The highest BCUT2D eigenvalue weighted by Crippen LogP contribution is 2.28. The van der Waals surface area contributed by atoms with Crippen LogP contribution >= 0.6 is 0 Å². The van der Waals surface area contributed by atoms with E-state index >= 15 is 0 Å². The lowest BCUT2D eigenvalue weighted by Crippen LogP contribution is -2.38. The van der Waals surface area contributed by atoms with Gasteiger partial charge in [0.15, 0.2) is 0 Å². The number of sulfonamides is 1. The number of amides is 2. The summed E-state index contributed by atoms with van der Waals surface area (Å²) >= 11 is 0. The summed E-state index contributed by atoms with van der Waals surface area (Å²) in [4.78, 5) is 25.9. The van der Waals surface area contributed by atoms with E-state index in [-0.39, 0.29) is 28.2 Å². The van der Waals surface area contributed by atoms with Gasteiger partial charge in [-0.05, 0) is 62.4 Å². The van der Waals surface area contributed by atoms with E-state index in [1.165, 1.54) is 29.6 Å². The molecule has 9 heteroatoms.